The molecule has 2 aromatic carbocycles. The van der Waals surface area contributed by atoms with Crippen LogP contribution in [-0.2, 0) is 12.3 Å². The Morgan fingerprint density at radius 3 is 2.52 bits per heavy atom. The van der Waals surface area contributed by atoms with E-state index >= 15 is 0 Å². The fourth-order valence-corrected chi connectivity index (χ4v) is 3.76. The Kier molecular flexibility index (Phi) is 6.15. The van der Waals surface area contributed by atoms with E-state index in [1.165, 1.54) is 5.56 Å². The molecule has 1 heterocycles. The number of para-hydroxylation sites is 1. The topological polar surface area (TPSA) is 39.9 Å². The van der Waals surface area contributed by atoms with Crippen LogP contribution in [0, 0.1) is 0 Å². The highest BCUT2D eigenvalue weighted by atomic mass is 79.9. The molecule has 0 aliphatic rings. The Hall–Kier alpha value is -1.79. The van der Waals surface area contributed by atoms with E-state index in [1.807, 2.05) is 31.2 Å². The molecule has 0 spiro atoms. The standard InChI is InChI=1S/C19H20BrN3OS/c1-3-23-18(16-7-5-6-8-17(16)24-4-2)21-22-19(23)25-13-14-9-11-15(20)12-10-14/h5-12H,3-4,13H2,1-2H3. The van der Waals surface area contributed by atoms with Crippen molar-refractivity contribution in [2.24, 2.45) is 0 Å². The van der Waals surface area contributed by atoms with E-state index in [1.54, 1.807) is 11.8 Å². The molecule has 6 heteroatoms. The molecule has 25 heavy (non-hydrogen) atoms. The summed E-state index contributed by atoms with van der Waals surface area (Å²) in [4.78, 5) is 0. The predicted molar refractivity (Wildman–Crippen MR) is 106 cm³/mol. The number of halogens is 1. The number of hydrogen-bond donors (Lipinski definition) is 0. The van der Waals surface area contributed by atoms with Crippen LogP contribution in [0.2, 0.25) is 0 Å². The van der Waals surface area contributed by atoms with Crippen LogP contribution in [0.15, 0.2) is 58.2 Å². The van der Waals surface area contributed by atoms with Crippen LogP contribution in [-0.4, -0.2) is 21.4 Å². The molecule has 0 N–H and O–H groups in total. The molecule has 0 unspecified atom stereocenters. The van der Waals surface area contributed by atoms with Crippen molar-refractivity contribution in [1.29, 1.82) is 0 Å². The van der Waals surface area contributed by atoms with Gasteiger partial charge in [0.05, 0.1) is 12.2 Å². The Morgan fingerprint density at radius 2 is 1.80 bits per heavy atom. The van der Waals surface area contributed by atoms with Crippen molar-refractivity contribution >= 4 is 27.7 Å². The molecule has 1 aromatic heterocycles. The first-order chi connectivity index (χ1) is 12.2. The molecule has 0 atom stereocenters. The van der Waals surface area contributed by atoms with Gasteiger partial charge in [-0.3, -0.25) is 0 Å². The minimum Gasteiger partial charge on any atom is -0.493 e. The molecule has 0 aliphatic carbocycles. The number of ether oxygens (including phenoxy) is 1. The monoisotopic (exact) mass is 417 g/mol. The minimum atomic E-state index is 0.627. The number of aromatic nitrogens is 3. The van der Waals surface area contributed by atoms with E-state index in [0.29, 0.717) is 6.61 Å². The molecule has 4 nitrogen and oxygen atoms in total. The minimum absolute atomic E-state index is 0.627. The lowest BCUT2D eigenvalue weighted by Gasteiger charge is -2.11. The fourth-order valence-electron chi connectivity index (χ4n) is 2.54. The largest absolute Gasteiger partial charge is 0.493 e. The number of rotatable bonds is 7. The van der Waals surface area contributed by atoms with Gasteiger partial charge in [-0.05, 0) is 43.7 Å². The summed E-state index contributed by atoms with van der Waals surface area (Å²) in [5.41, 5.74) is 2.24. The third kappa shape index (κ3) is 4.25. The molecule has 3 aromatic rings. The molecular weight excluding hydrogens is 398 g/mol. The van der Waals surface area contributed by atoms with Gasteiger partial charge in [-0.15, -0.1) is 10.2 Å². The Bertz CT molecular complexity index is 833. The van der Waals surface area contributed by atoms with Crippen molar-refractivity contribution in [3.8, 4) is 17.1 Å². The van der Waals surface area contributed by atoms with Crippen LogP contribution in [0.4, 0.5) is 0 Å². The second kappa shape index (κ2) is 8.54. The van der Waals surface area contributed by atoms with E-state index < -0.39 is 0 Å². The SMILES string of the molecule is CCOc1ccccc1-c1nnc(SCc2ccc(Br)cc2)n1CC. The third-order valence-electron chi connectivity index (χ3n) is 3.74. The first kappa shape index (κ1) is 18.0. The van der Waals surface area contributed by atoms with E-state index in [4.69, 9.17) is 4.74 Å². The summed E-state index contributed by atoms with van der Waals surface area (Å²) >= 11 is 5.17. The van der Waals surface area contributed by atoms with Gasteiger partial charge in [-0.2, -0.15) is 0 Å². The van der Waals surface area contributed by atoms with Crippen molar-refractivity contribution < 1.29 is 4.74 Å². The van der Waals surface area contributed by atoms with Gasteiger partial charge in [0.2, 0.25) is 0 Å². The molecule has 0 saturated carbocycles. The molecule has 0 aliphatic heterocycles. The first-order valence-electron chi connectivity index (χ1n) is 8.25. The second-order valence-corrected chi connectivity index (χ2v) is 7.25. The molecule has 0 amide bonds. The van der Waals surface area contributed by atoms with E-state index in [2.05, 4.69) is 61.9 Å². The van der Waals surface area contributed by atoms with Crippen LogP contribution in [0.25, 0.3) is 11.4 Å². The van der Waals surface area contributed by atoms with Crippen molar-refractivity contribution in [2.45, 2.75) is 31.3 Å². The van der Waals surface area contributed by atoms with Gasteiger partial charge in [0.1, 0.15) is 5.75 Å². The first-order valence-corrected chi connectivity index (χ1v) is 10.0. The van der Waals surface area contributed by atoms with E-state index in [-0.39, 0.29) is 0 Å². The fraction of sp³-hybridized carbons (Fsp3) is 0.263. The van der Waals surface area contributed by atoms with E-state index in [0.717, 1.165) is 39.1 Å². The summed E-state index contributed by atoms with van der Waals surface area (Å²) in [5, 5.41) is 9.76. The highest BCUT2D eigenvalue weighted by Crippen LogP contribution is 2.32. The van der Waals surface area contributed by atoms with Crippen LogP contribution >= 0.6 is 27.7 Å². The average Bonchev–Trinajstić information content (AvgIpc) is 3.05. The maximum Gasteiger partial charge on any atom is 0.191 e. The van der Waals surface area contributed by atoms with Gasteiger partial charge in [0.15, 0.2) is 11.0 Å². The van der Waals surface area contributed by atoms with Crippen LogP contribution < -0.4 is 4.74 Å². The highest BCUT2D eigenvalue weighted by Gasteiger charge is 2.16. The zero-order valence-electron chi connectivity index (χ0n) is 14.3. The Morgan fingerprint density at radius 1 is 1.04 bits per heavy atom. The quantitative estimate of drug-likeness (QED) is 0.481. The maximum atomic E-state index is 5.75. The average molecular weight is 418 g/mol. The second-order valence-electron chi connectivity index (χ2n) is 5.39. The summed E-state index contributed by atoms with van der Waals surface area (Å²) in [6.07, 6.45) is 0. The van der Waals surface area contributed by atoms with Crippen molar-refractivity contribution in [2.75, 3.05) is 6.61 Å². The van der Waals surface area contributed by atoms with Gasteiger partial charge in [0.25, 0.3) is 0 Å². The smallest absolute Gasteiger partial charge is 0.191 e. The number of hydrogen-bond acceptors (Lipinski definition) is 4. The summed E-state index contributed by atoms with van der Waals surface area (Å²) in [6.45, 7) is 5.54. The van der Waals surface area contributed by atoms with Gasteiger partial charge < -0.3 is 9.30 Å². The lowest BCUT2D eigenvalue weighted by Crippen LogP contribution is -2.02. The third-order valence-corrected chi connectivity index (χ3v) is 5.31. The normalized spacial score (nSPS) is 10.8. The van der Waals surface area contributed by atoms with Crippen molar-refractivity contribution in [3.63, 3.8) is 0 Å². The molecule has 0 fully saturated rings. The predicted octanol–water partition coefficient (Wildman–Crippen LogP) is 5.42. The van der Waals surface area contributed by atoms with E-state index in [9.17, 15) is 0 Å². The molecule has 3 rings (SSSR count). The molecule has 0 bridgehead atoms. The Labute approximate surface area is 160 Å². The van der Waals surface area contributed by atoms with Gasteiger partial charge >= 0.3 is 0 Å². The maximum absolute atomic E-state index is 5.75. The zero-order chi connectivity index (χ0) is 17.6. The van der Waals surface area contributed by atoms with Gasteiger partial charge in [-0.25, -0.2) is 0 Å². The van der Waals surface area contributed by atoms with Crippen molar-refractivity contribution in [3.05, 3.63) is 58.6 Å². The zero-order valence-corrected chi connectivity index (χ0v) is 16.7. The van der Waals surface area contributed by atoms with Gasteiger partial charge in [0, 0.05) is 16.8 Å². The summed E-state index contributed by atoms with van der Waals surface area (Å²) in [6, 6.07) is 16.3. The van der Waals surface area contributed by atoms with Crippen molar-refractivity contribution in [1.82, 2.24) is 14.8 Å². The van der Waals surface area contributed by atoms with Crippen LogP contribution in [0.5, 0.6) is 5.75 Å². The molecular formula is C19H20BrN3OS. The molecule has 0 saturated heterocycles. The summed E-state index contributed by atoms with van der Waals surface area (Å²) < 4.78 is 8.98. The lowest BCUT2D eigenvalue weighted by atomic mass is 10.2. The molecule has 0 radical (unpaired) electrons. The summed E-state index contributed by atoms with van der Waals surface area (Å²) in [5.74, 6) is 2.56. The molecule has 130 valence electrons. The van der Waals surface area contributed by atoms with Crippen LogP contribution in [0.3, 0.4) is 0 Å². The number of nitrogens with zero attached hydrogens (tertiary/aromatic N) is 3. The number of thioether (sulfide) groups is 1. The Balaban J connectivity index is 1.85. The lowest BCUT2D eigenvalue weighted by molar-refractivity contribution is 0.341. The van der Waals surface area contributed by atoms with Crippen LogP contribution in [0.1, 0.15) is 19.4 Å². The van der Waals surface area contributed by atoms with Gasteiger partial charge in [-0.1, -0.05) is 52.0 Å². The highest BCUT2D eigenvalue weighted by molar-refractivity contribution is 9.10. The number of benzene rings is 2. The summed E-state index contributed by atoms with van der Waals surface area (Å²) in [7, 11) is 0.